The van der Waals surface area contributed by atoms with Crippen molar-refractivity contribution in [2.75, 3.05) is 10.6 Å². The van der Waals surface area contributed by atoms with Crippen molar-refractivity contribution in [3.63, 3.8) is 0 Å². The number of hydrogen-bond donors (Lipinski definition) is 2. The molecule has 0 atom stereocenters. The summed E-state index contributed by atoms with van der Waals surface area (Å²) in [6, 6.07) is 12.9. The maximum absolute atomic E-state index is 12.7. The van der Waals surface area contributed by atoms with Crippen molar-refractivity contribution in [3.05, 3.63) is 63.3 Å². The van der Waals surface area contributed by atoms with Crippen LogP contribution in [0.2, 0.25) is 0 Å². The first-order valence-corrected chi connectivity index (χ1v) is 10.8. The Morgan fingerprint density at radius 1 is 1.07 bits per heavy atom. The molecular weight excluding hydrogens is 501 g/mol. The average molecular weight is 521 g/mol. The molecule has 0 aliphatic carbocycles. The van der Waals surface area contributed by atoms with Gasteiger partial charge in [-0.25, -0.2) is 9.78 Å². The Balaban J connectivity index is 1.90. The van der Waals surface area contributed by atoms with Gasteiger partial charge in [0, 0.05) is 11.1 Å². The third kappa shape index (κ3) is 6.01. The van der Waals surface area contributed by atoms with Crippen LogP contribution in [0.4, 0.5) is 16.2 Å². The summed E-state index contributed by atoms with van der Waals surface area (Å²) >= 11 is 3.67. The molecule has 150 valence electrons. The second-order valence-electron chi connectivity index (χ2n) is 7.19. The van der Waals surface area contributed by atoms with Gasteiger partial charge in [-0.1, -0.05) is 12.1 Å². The molecule has 2 aromatic heterocycles. The quantitative estimate of drug-likeness (QED) is 0.326. The van der Waals surface area contributed by atoms with E-state index in [0.29, 0.717) is 16.9 Å². The summed E-state index contributed by atoms with van der Waals surface area (Å²) in [6.07, 6.45) is 0.925. The van der Waals surface area contributed by atoms with E-state index >= 15 is 0 Å². The summed E-state index contributed by atoms with van der Waals surface area (Å²) in [6.45, 7) is 5.37. The number of halogens is 1. The van der Waals surface area contributed by atoms with Gasteiger partial charge in [-0.2, -0.15) is 0 Å². The number of ether oxygens (including phenoxy) is 1. The largest absolute Gasteiger partial charge is 0.444 e. The van der Waals surface area contributed by atoms with Gasteiger partial charge in [-0.15, -0.1) is 11.3 Å². The number of benzene rings is 1. The molecule has 0 saturated heterocycles. The van der Waals surface area contributed by atoms with Crippen molar-refractivity contribution in [1.29, 1.82) is 0 Å². The summed E-state index contributed by atoms with van der Waals surface area (Å²) in [5.74, 6) is -0.315. The zero-order valence-corrected chi connectivity index (χ0v) is 19.1. The van der Waals surface area contributed by atoms with Crippen LogP contribution in [0, 0.1) is 3.70 Å². The van der Waals surface area contributed by atoms with E-state index in [1.54, 1.807) is 50.3 Å². The fourth-order valence-corrected chi connectivity index (χ4v) is 3.51. The maximum Gasteiger partial charge on any atom is 0.412 e. The molecule has 2 N–H and O–H groups in total. The van der Waals surface area contributed by atoms with E-state index in [0.717, 1.165) is 14.1 Å². The zero-order chi connectivity index (χ0) is 21.0. The smallest absolute Gasteiger partial charge is 0.412 e. The molecule has 0 unspecified atom stereocenters. The molecule has 3 rings (SSSR count). The monoisotopic (exact) mass is 521 g/mol. The number of nitrogens with zero attached hydrogens (tertiary/aromatic N) is 1. The number of carbonyl (C=O) groups is 2. The molecular formula is C21H20IN3O3S. The van der Waals surface area contributed by atoms with Crippen LogP contribution in [0.25, 0.3) is 10.4 Å². The normalized spacial score (nSPS) is 11.0. The fourth-order valence-electron chi connectivity index (χ4n) is 2.47. The minimum atomic E-state index is -0.628. The van der Waals surface area contributed by atoms with Crippen LogP contribution in [0.5, 0.6) is 0 Å². The molecule has 2 amide bonds. The first kappa shape index (κ1) is 21.3. The Kier molecular flexibility index (Phi) is 6.53. The van der Waals surface area contributed by atoms with Crippen LogP contribution < -0.4 is 10.6 Å². The lowest BCUT2D eigenvalue weighted by atomic mass is 10.1. The van der Waals surface area contributed by atoms with Gasteiger partial charge in [-0.05, 0) is 84.6 Å². The number of rotatable bonds is 4. The molecule has 6 nitrogen and oxygen atoms in total. The van der Waals surface area contributed by atoms with Gasteiger partial charge in [0.1, 0.15) is 9.30 Å². The second kappa shape index (κ2) is 8.91. The van der Waals surface area contributed by atoms with Crippen LogP contribution in [-0.4, -0.2) is 22.6 Å². The molecule has 0 saturated carbocycles. The van der Waals surface area contributed by atoms with E-state index in [9.17, 15) is 9.59 Å². The van der Waals surface area contributed by atoms with Crippen molar-refractivity contribution in [2.45, 2.75) is 26.4 Å². The van der Waals surface area contributed by atoms with E-state index in [4.69, 9.17) is 4.74 Å². The van der Waals surface area contributed by atoms with Crippen LogP contribution in [0.3, 0.4) is 0 Å². The Hall–Kier alpha value is -2.46. The third-order valence-electron chi connectivity index (χ3n) is 3.70. The molecule has 8 heteroatoms. The number of nitrogens with one attached hydrogen (secondary N) is 2. The maximum atomic E-state index is 12.7. The van der Waals surface area contributed by atoms with Crippen LogP contribution >= 0.6 is 33.9 Å². The Morgan fingerprint density at radius 3 is 2.48 bits per heavy atom. The first-order valence-electron chi connectivity index (χ1n) is 8.82. The van der Waals surface area contributed by atoms with E-state index < -0.39 is 11.7 Å². The molecule has 0 bridgehead atoms. The summed E-state index contributed by atoms with van der Waals surface area (Å²) in [5, 5.41) is 7.57. The predicted molar refractivity (Wildman–Crippen MR) is 125 cm³/mol. The van der Waals surface area contributed by atoms with E-state index in [2.05, 4.69) is 38.2 Å². The molecule has 0 radical (unpaired) electrons. The van der Waals surface area contributed by atoms with Crippen molar-refractivity contribution in [2.24, 2.45) is 0 Å². The molecule has 0 spiro atoms. The number of amides is 2. The molecule has 0 fully saturated rings. The Morgan fingerprint density at radius 2 is 1.86 bits per heavy atom. The van der Waals surface area contributed by atoms with Gasteiger partial charge in [0.25, 0.3) is 5.91 Å². The van der Waals surface area contributed by atoms with Gasteiger partial charge < -0.3 is 10.1 Å². The molecule has 1 aromatic carbocycles. The zero-order valence-electron chi connectivity index (χ0n) is 16.2. The van der Waals surface area contributed by atoms with Gasteiger partial charge in [0.15, 0.2) is 0 Å². The fraction of sp³-hybridized carbons (Fsp3) is 0.190. The number of aromatic nitrogens is 1. The van der Waals surface area contributed by atoms with Gasteiger partial charge in [0.05, 0.1) is 16.9 Å². The second-order valence-corrected chi connectivity index (χ2v) is 9.24. The standard InChI is InChI=1S/C21H20IN3O3S/c1-21(2,3)28-20(27)25-15-8-6-13(17-5-4-10-29-17)11-16(15)24-19(26)14-7-9-18(22)23-12-14/h4-12H,1-3H3,(H,24,26)(H,25,27). The van der Waals surface area contributed by atoms with Crippen LogP contribution in [0.1, 0.15) is 31.1 Å². The van der Waals surface area contributed by atoms with Crippen molar-refractivity contribution in [1.82, 2.24) is 4.98 Å². The molecule has 3 aromatic rings. The van der Waals surface area contributed by atoms with Crippen LogP contribution in [0.15, 0.2) is 54.0 Å². The summed E-state index contributed by atoms with van der Waals surface area (Å²) in [4.78, 5) is 30.1. The first-order chi connectivity index (χ1) is 13.7. The number of hydrogen-bond acceptors (Lipinski definition) is 5. The average Bonchev–Trinajstić information content (AvgIpc) is 3.16. The van der Waals surface area contributed by atoms with Crippen molar-refractivity contribution in [3.8, 4) is 10.4 Å². The number of anilines is 2. The lowest BCUT2D eigenvalue weighted by molar-refractivity contribution is 0.0635. The van der Waals surface area contributed by atoms with E-state index in [1.165, 1.54) is 6.20 Å². The highest BCUT2D eigenvalue weighted by atomic mass is 127. The number of carbonyl (C=O) groups excluding carboxylic acids is 2. The SMILES string of the molecule is CC(C)(C)OC(=O)Nc1ccc(-c2cccs2)cc1NC(=O)c1ccc(I)nc1. The Bertz CT molecular complexity index is 1010. The lowest BCUT2D eigenvalue weighted by Gasteiger charge is -2.21. The van der Waals surface area contributed by atoms with Gasteiger partial charge in [-0.3, -0.25) is 10.1 Å². The van der Waals surface area contributed by atoms with Crippen molar-refractivity contribution >= 4 is 57.3 Å². The number of thiophene rings is 1. The lowest BCUT2D eigenvalue weighted by Crippen LogP contribution is -2.27. The van der Waals surface area contributed by atoms with Crippen molar-refractivity contribution < 1.29 is 14.3 Å². The minimum Gasteiger partial charge on any atom is -0.444 e. The Labute approximate surface area is 186 Å². The highest BCUT2D eigenvalue weighted by Crippen LogP contribution is 2.32. The van der Waals surface area contributed by atoms with Gasteiger partial charge in [0.2, 0.25) is 0 Å². The van der Waals surface area contributed by atoms with E-state index in [1.807, 2.05) is 29.6 Å². The van der Waals surface area contributed by atoms with E-state index in [-0.39, 0.29) is 5.91 Å². The topological polar surface area (TPSA) is 80.3 Å². The third-order valence-corrected chi connectivity index (χ3v) is 5.26. The summed E-state index contributed by atoms with van der Waals surface area (Å²) in [7, 11) is 0. The number of pyridine rings is 1. The highest BCUT2D eigenvalue weighted by molar-refractivity contribution is 14.1. The van der Waals surface area contributed by atoms with Crippen LogP contribution in [-0.2, 0) is 4.74 Å². The molecule has 29 heavy (non-hydrogen) atoms. The summed E-state index contributed by atoms with van der Waals surface area (Å²) in [5.41, 5.74) is 1.66. The predicted octanol–water partition coefficient (Wildman–Crippen LogP) is 6.01. The molecule has 0 aliphatic rings. The highest BCUT2D eigenvalue weighted by Gasteiger charge is 2.18. The minimum absolute atomic E-state index is 0.315. The summed E-state index contributed by atoms with van der Waals surface area (Å²) < 4.78 is 6.13. The molecule has 0 aliphatic heterocycles. The molecule has 2 heterocycles. The van der Waals surface area contributed by atoms with Gasteiger partial charge >= 0.3 is 6.09 Å².